The SMILES string of the molecule is Cc1ccc(C(=O)O)cc1NC(=O)/C=C/c1ccc(Br)o1. The number of aromatic carboxylic acids is 1. The Kier molecular flexibility index (Phi) is 4.59. The Bertz CT molecular complexity index is 718. The second-order valence-corrected chi connectivity index (χ2v) is 5.08. The van der Waals surface area contributed by atoms with Gasteiger partial charge in [0.25, 0.3) is 0 Å². The molecule has 1 aromatic heterocycles. The van der Waals surface area contributed by atoms with Crippen molar-refractivity contribution in [1.29, 1.82) is 0 Å². The van der Waals surface area contributed by atoms with Crippen molar-refractivity contribution in [1.82, 2.24) is 0 Å². The van der Waals surface area contributed by atoms with E-state index in [1.807, 2.05) is 0 Å². The van der Waals surface area contributed by atoms with Crippen LogP contribution in [0.15, 0.2) is 45.5 Å². The molecule has 6 heteroatoms. The number of anilines is 1. The quantitative estimate of drug-likeness (QED) is 0.824. The fraction of sp³-hybridized carbons (Fsp3) is 0.0667. The van der Waals surface area contributed by atoms with Crippen LogP contribution in [0.2, 0.25) is 0 Å². The molecule has 0 fully saturated rings. The van der Waals surface area contributed by atoms with Crippen LogP contribution in [-0.2, 0) is 4.79 Å². The lowest BCUT2D eigenvalue weighted by Gasteiger charge is -2.07. The summed E-state index contributed by atoms with van der Waals surface area (Å²) in [6, 6.07) is 7.99. The van der Waals surface area contributed by atoms with Crippen LogP contribution in [0.25, 0.3) is 6.08 Å². The van der Waals surface area contributed by atoms with E-state index in [4.69, 9.17) is 9.52 Å². The van der Waals surface area contributed by atoms with Gasteiger partial charge in [-0.25, -0.2) is 4.79 Å². The molecule has 21 heavy (non-hydrogen) atoms. The first-order valence-corrected chi connectivity index (χ1v) is 6.83. The van der Waals surface area contributed by atoms with E-state index < -0.39 is 5.97 Å². The van der Waals surface area contributed by atoms with E-state index in [1.54, 1.807) is 25.1 Å². The molecular formula is C15H12BrNO4. The molecule has 0 bridgehead atoms. The smallest absolute Gasteiger partial charge is 0.335 e. The van der Waals surface area contributed by atoms with E-state index in [9.17, 15) is 9.59 Å². The zero-order valence-electron chi connectivity index (χ0n) is 11.1. The Morgan fingerprint density at radius 2 is 2.05 bits per heavy atom. The van der Waals surface area contributed by atoms with Gasteiger partial charge >= 0.3 is 5.97 Å². The first-order valence-electron chi connectivity index (χ1n) is 6.04. The van der Waals surface area contributed by atoms with Gasteiger partial charge in [0.1, 0.15) is 5.76 Å². The Hall–Kier alpha value is -2.34. The van der Waals surface area contributed by atoms with Crippen molar-refractivity contribution in [3.05, 3.63) is 58.0 Å². The summed E-state index contributed by atoms with van der Waals surface area (Å²) in [4.78, 5) is 22.7. The predicted molar refractivity (Wildman–Crippen MR) is 82.2 cm³/mol. The van der Waals surface area contributed by atoms with Crippen LogP contribution in [0.5, 0.6) is 0 Å². The number of furan rings is 1. The molecule has 1 heterocycles. The van der Waals surface area contributed by atoms with Gasteiger partial charge in [-0.1, -0.05) is 6.07 Å². The lowest BCUT2D eigenvalue weighted by atomic mass is 10.1. The monoisotopic (exact) mass is 349 g/mol. The lowest BCUT2D eigenvalue weighted by Crippen LogP contribution is -2.10. The number of nitrogens with one attached hydrogen (secondary N) is 1. The van der Waals surface area contributed by atoms with Crippen molar-refractivity contribution < 1.29 is 19.1 Å². The van der Waals surface area contributed by atoms with Gasteiger partial charge < -0.3 is 14.8 Å². The summed E-state index contributed by atoms with van der Waals surface area (Å²) in [6.45, 7) is 1.79. The minimum Gasteiger partial charge on any atom is -0.478 e. The molecule has 108 valence electrons. The van der Waals surface area contributed by atoms with Crippen LogP contribution in [0.3, 0.4) is 0 Å². The maximum Gasteiger partial charge on any atom is 0.335 e. The average molecular weight is 350 g/mol. The number of aryl methyl sites for hydroxylation is 1. The number of rotatable bonds is 4. The van der Waals surface area contributed by atoms with Gasteiger partial charge in [0.05, 0.1) is 5.56 Å². The van der Waals surface area contributed by atoms with Crippen LogP contribution >= 0.6 is 15.9 Å². The van der Waals surface area contributed by atoms with Crippen molar-refractivity contribution in [2.75, 3.05) is 5.32 Å². The van der Waals surface area contributed by atoms with Crippen LogP contribution in [0, 0.1) is 6.92 Å². The third-order valence-corrected chi connectivity index (χ3v) is 3.16. The summed E-state index contributed by atoms with van der Waals surface area (Å²) < 4.78 is 5.81. The number of hydrogen-bond acceptors (Lipinski definition) is 3. The second-order valence-electron chi connectivity index (χ2n) is 4.30. The maximum absolute atomic E-state index is 11.8. The molecule has 1 amide bonds. The lowest BCUT2D eigenvalue weighted by molar-refractivity contribution is -0.111. The third kappa shape index (κ3) is 4.06. The highest BCUT2D eigenvalue weighted by Crippen LogP contribution is 2.18. The van der Waals surface area contributed by atoms with E-state index >= 15 is 0 Å². The number of halogens is 1. The highest BCUT2D eigenvalue weighted by Gasteiger charge is 2.07. The van der Waals surface area contributed by atoms with E-state index in [0.29, 0.717) is 16.1 Å². The highest BCUT2D eigenvalue weighted by atomic mass is 79.9. The zero-order chi connectivity index (χ0) is 15.4. The number of carbonyl (C=O) groups is 2. The van der Waals surface area contributed by atoms with E-state index in [2.05, 4.69) is 21.2 Å². The van der Waals surface area contributed by atoms with Crippen molar-refractivity contribution in [2.24, 2.45) is 0 Å². The summed E-state index contributed by atoms with van der Waals surface area (Å²) in [7, 11) is 0. The Labute approximate surface area is 129 Å². The molecule has 2 N–H and O–H groups in total. The fourth-order valence-corrected chi connectivity index (χ4v) is 1.96. The Morgan fingerprint density at radius 1 is 1.29 bits per heavy atom. The number of carboxylic acids is 1. The molecule has 5 nitrogen and oxygen atoms in total. The topological polar surface area (TPSA) is 79.5 Å². The molecule has 0 aliphatic carbocycles. The normalized spacial score (nSPS) is 10.8. The molecule has 0 spiro atoms. The first kappa shape index (κ1) is 15.1. The number of hydrogen-bond donors (Lipinski definition) is 2. The molecule has 0 aliphatic rings. The number of amides is 1. The van der Waals surface area contributed by atoms with Gasteiger partial charge in [0.15, 0.2) is 4.67 Å². The van der Waals surface area contributed by atoms with Gasteiger partial charge in [-0.2, -0.15) is 0 Å². The van der Waals surface area contributed by atoms with Crippen molar-refractivity contribution in [2.45, 2.75) is 6.92 Å². The molecular weight excluding hydrogens is 338 g/mol. The second kappa shape index (κ2) is 6.41. The molecule has 0 saturated heterocycles. The summed E-state index contributed by atoms with van der Waals surface area (Å²) >= 11 is 3.17. The number of carbonyl (C=O) groups excluding carboxylic acids is 1. The number of carboxylic acid groups (broad SMARTS) is 1. The van der Waals surface area contributed by atoms with Gasteiger partial charge in [-0.15, -0.1) is 0 Å². The summed E-state index contributed by atoms with van der Waals surface area (Å²) in [6.07, 6.45) is 2.84. The van der Waals surface area contributed by atoms with Crippen LogP contribution in [-0.4, -0.2) is 17.0 Å². The number of benzene rings is 1. The molecule has 2 aromatic rings. The minimum absolute atomic E-state index is 0.120. The molecule has 0 radical (unpaired) electrons. The minimum atomic E-state index is -1.04. The first-order chi connectivity index (χ1) is 9.95. The molecule has 0 unspecified atom stereocenters. The van der Waals surface area contributed by atoms with Crippen LogP contribution in [0.1, 0.15) is 21.7 Å². The Morgan fingerprint density at radius 3 is 2.67 bits per heavy atom. The van der Waals surface area contributed by atoms with Gasteiger partial charge in [0.2, 0.25) is 5.91 Å². The van der Waals surface area contributed by atoms with Crippen LogP contribution in [0.4, 0.5) is 5.69 Å². The third-order valence-electron chi connectivity index (χ3n) is 2.74. The molecule has 0 atom stereocenters. The average Bonchev–Trinajstić information content (AvgIpc) is 2.84. The van der Waals surface area contributed by atoms with E-state index in [-0.39, 0.29) is 11.5 Å². The molecule has 0 saturated carbocycles. The molecule has 1 aromatic carbocycles. The van der Waals surface area contributed by atoms with Crippen LogP contribution < -0.4 is 5.32 Å². The predicted octanol–water partition coefficient (Wildman–Crippen LogP) is 3.70. The zero-order valence-corrected chi connectivity index (χ0v) is 12.7. The summed E-state index contributed by atoms with van der Waals surface area (Å²) in [5, 5.41) is 11.6. The summed E-state index contributed by atoms with van der Waals surface area (Å²) in [5.74, 6) is -0.873. The largest absolute Gasteiger partial charge is 0.478 e. The van der Waals surface area contributed by atoms with Gasteiger partial charge in [-0.05, 0) is 58.8 Å². The standard InChI is InChI=1S/C15H12BrNO4/c1-9-2-3-10(15(19)20)8-12(9)17-14(18)7-5-11-4-6-13(16)21-11/h2-8H,1H3,(H,17,18)(H,19,20)/b7-5+. The van der Waals surface area contributed by atoms with Crippen molar-refractivity contribution >= 4 is 39.6 Å². The molecule has 2 rings (SSSR count). The Balaban J connectivity index is 2.10. The fourth-order valence-electron chi connectivity index (χ4n) is 1.64. The van der Waals surface area contributed by atoms with Gasteiger partial charge in [-0.3, -0.25) is 4.79 Å². The van der Waals surface area contributed by atoms with Crippen molar-refractivity contribution in [3.8, 4) is 0 Å². The van der Waals surface area contributed by atoms with Crippen molar-refractivity contribution in [3.63, 3.8) is 0 Å². The molecule has 0 aliphatic heterocycles. The highest BCUT2D eigenvalue weighted by molar-refractivity contribution is 9.10. The van der Waals surface area contributed by atoms with E-state index in [1.165, 1.54) is 24.3 Å². The summed E-state index contributed by atoms with van der Waals surface area (Å²) in [5.41, 5.74) is 1.36. The van der Waals surface area contributed by atoms with E-state index in [0.717, 1.165) is 5.56 Å². The van der Waals surface area contributed by atoms with Gasteiger partial charge in [0, 0.05) is 11.8 Å². The maximum atomic E-state index is 11.8.